The van der Waals surface area contributed by atoms with Gasteiger partial charge in [0.15, 0.2) is 5.78 Å². The monoisotopic (exact) mass is 520 g/mol. The van der Waals surface area contributed by atoms with Crippen LogP contribution in [-0.2, 0) is 24.0 Å². The molecule has 1 unspecified atom stereocenters. The molecular formula is C31H27F3O4. The fourth-order valence-electron chi connectivity index (χ4n) is 4.40. The van der Waals surface area contributed by atoms with E-state index in [0.29, 0.717) is 22.3 Å². The fourth-order valence-corrected chi connectivity index (χ4v) is 4.40. The number of benzene rings is 4. The summed E-state index contributed by atoms with van der Waals surface area (Å²) in [5, 5.41) is 11.5. The lowest BCUT2D eigenvalue weighted by molar-refractivity contribution is -0.148. The SMILES string of the molecule is CC(CCC(=O)c1ccc2ccccc2c1OCc1ccc(C(F)(F)F)cc1)(Cc1ccccc1)C(=O)O. The van der Waals surface area contributed by atoms with Crippen LogP contribution in [0.15, 0.2) is 91.0 Å². The van der Waals surface area contributed by atoms with E-state index >= 15 is 0 Å². The number of hydrogen-bond acceptors (Lipinski definition) is 3. The molecule has 1 atom stereocenters. The zero-order chi connectivity index (χ0) is 27.3. The average Bonchev–Trinajstić information content (AvgIpc) is 2.90. The van der Waals surface area contributed by atoms with Crippen LogP contribution in [0.3, 0.4) is 0 Å². The van der Waals surface area contributed by atoms with Gasteiger partial charge in [-0.25, -0.2) is 0 Å². The number of carboxylic acids is 1. The number of hydrogen-bond donors (Lipinski definition) is 1. The molecule has 1 N–H and O–H groups in total. The van der Waals surface area contributed by atoms with Gasteiger partial charge in [-0.15, -0.1) is 0 Å². The van der Waals surface area contributed by atoms with Gasteiger partial charge < -0.3 is 9.84 Å². The van der Waals surface area contributed by atoms with E-state index in [9.17, 15) is 27.9 Å². The number of carboxylic acid groups (broad SMARTS) is 1. The highest BCUT2D eigenvalue weighted by Gasteiger charge is 2.34. The molecule has 0 saturated heterocycles. The molecular weight excluding hydrogens is 493 g/mol. The van der Waals surface area contributed by atoms with Crippen LogP contribution in [0, 0.1) is 5.41 Å². The molecule has 4 aromatic carbocycles. The van der Waals surface area contributed by atoms with E-state index in [4.69, 9.17) is 4.74 Å². The van der Waals surface area contributed by atoms with Crippen LogP contribution in [0.2, 0.25) is 0 Å². The predicted molar refractivity (Wildman–Crippen MR) is 139 cm³/mol. The quantitative estimate of drug-likeness (QED) is 0.217. The molecule has 0 bridgehead atoms. The van der Waals surface area contributed by atoms with E-state index < -0.39 is 23.1 Å². The number of carbonyl (C=O) groups excluding carboxylic acids is 1. The fraction of sp³-hybridized carbons (Fsp3) is 0.226. The summed E-state index contributed by atoms with van der Waals surface area (Å²) in [7, 11) is 0. The Morgan fingerprint density at radius 2 is 1.47 bits per heavy atom. The first-order chi connectivity index (χ1) is 18.1. The minimum atomic E-state index is -4.43. The Bertz CT molecular complexity index is 1430. The van der Waals surface area contributed by atoms with Gasteiger partial charge in [-0.05, 0) is 54.5 Å². The van der Waals surface area contributed by atoms with Crippen molar-refractivity contribution < 1.29 is 32.6 Å². The topological polar surface area (TPSA) is 63.6 Å². The summed E-state index contributed by atoms with van der Waals surface area (Å²) < 4.78 is 44.8. The zero-order valence-corrected chi connectivity index (χ0v) is 20.8. The maximum atomic E-state index is 13.4. The van der Waals surface area contributed by atoms with Crippen LogP contribution in [0.1, 0.15) is 46.8 Å². The van der Waals surface area contributed by atoms with Gasteiger partial charge in [0.25, 0.3) is 0 Å². The number of halogens is 3. The summed E-state index contributed by atoms with van der Waals surface area (Å²) in [4.78, 5) is 25.6. The lowest BCUT2D eigenvalue weighted by Gasteiger charge is -2.25. The van der Waals surface area contributed by atoms with E-state index in [-0.39, 0.29) is 31.7 Å². The van der Waals surface area contributed by atoms with E-state index in [0.717, 1.165) is 23.1 Å². The van der Waals surface area contributed by atoms with Crippen molar-refractivity contribution >= 4 is 22.5 Å². The third-order valence-electron chi connectivity index (χ3n) is 6.70. The molecule has 0 amide bonds. The molecule has 4 aromatic rings. The summed E-state index contributed by atoms with van der Waals surface area (Å²) in [6.45, 7) is 1.60. The molecule has 0 radical (unpaired) electrons. The van der Waals surface area contributed by atoms with E-state index in [2.05, 4.69) is 0 Å². The second kappa shape index (κ2) is 11.1. The van der Waals surface area contributed by atoms with Crippen LogP contribution >= 0.6 is 0 Å². The number of ketones is 1. The number of ether oxygens (including phenoxy) is 1. The van der Waals surface area contributed by atoms with E-state index in [1.165, 1.54) is 12.1 Å². The molecule has 0 aromatic heterocycles. The van der Waals surface area contributed by atoms with Gasteiger partial charge in [-0.2, -0.15) is 13.2 Å². The lowest BCUT2D eigenvalue weighted by atomic mass is 9.78. The first-order valence-electron chi connectivity index (χ1n) is 12.2. The van der Waals surface area contributed by atoms with Crippen molar-refractivity contribution in [3.05, 3.63) is 113 Å². The number of fused-ring (bicyclic) bond motifs is 1. The number of aliphatic carboxylic acids is 1. The highest BCUT2D eigenvalue weighted by Crippen LogP contribution is 2.35. The molecule has 0 saturated carbocycles. The van der Waals surface area contributed by atoms with Crippen LogP contribution in [0.4, 0.5) is 13.2 Å². The van der Waals surface area contributed by atoms with Crippen molar-refractivity contribution in [2.24, 2.45) is 5.41 Å². The molecule has 4 nitrogen and oxygen atoms in total. The Hall–Kier alpha value is -4.13. The smallest absolute Gasteiger partial charge is 0.416 e. The van der Waals surface area contributed by atoms with Crippen LogP contribution < -0.4 is 4.74 Å². The third-order valence-corrected chi connectivity index (χ3v) is 6.70. The van der Waals surface area contributed by atoms with Crippen molar-refractivity contribution in [3.63, 3.8) is 0 Å². The molecule has 0 fully saturated rings. The molecule has 0 spiro atoms. The largest absolute Gasteiger partial charge is 0.487 e. The normalized spacial score (nSPS) is 13.2. The second-order valence-corrected chi connectivity index (χ2v) is 9.60. The average molecular weight is 521 g/mol. The zero-order valence-electron chi connectivity index (χ0n) is 20.8. The summed E-state index contributed by atoms with van der Waals surface area (Å²) in [6.07, 6.45) is -4.03. The van der Waals surface area contributed by atoms with Gasteiger partial charge in [-0.3, -0.25) is 9.59 Å². The molecule has 0 heterocycles. The Balaban J connectivity index is 1.57. The maximum Gasteiger partial charge on any atom is 0.416 e. The van der Waals surface area contributed by atoms with Gasteiger partial charge in [0.2, 0.25) is 0 Å². The van der Waals surface area contributed by atoms with Crippen molar-refractivity contribution in [2.75, 3.05) is 0 Å². The summed E-state index contributed by atoms with van der Waals surface area (Å²) in [6, 6.07) is 24.7. The van der Waals surface area contributed by atoms with Gasteiger partial charge in [0, 0.05) is 11.8 Å². The predicted octanol–water partition coefficient (Wildman–Crippen LogP) is 7.73. The third kappa shape index (κ3) is 6.22. The Morgan fingerprint density at radius 3 is 2.13 bits per heavy atom. The van der Waals surface area contributed by atoms with Gasteiger partial charge >= 0.3 is 12.1 Å². The van der Waals surface area contributed by atoms with E-state index in [1.54, 1.807) is 19.1 Å². The minimum absolute atomic E-state index is 0.00931. The highest BCUT2D eigenvalue weighted by atomic mass is 19.4. The number of Topliss-reactive ketones (excluding diaryl/α,β-unsaturated/α-hetero) is 1. The molecule has 38 heavy (non-hydrogen) atoms. The minimum Gasteiger partial charge on any atom is -0.487 e. The van der Waals surface area contributed by atoms with Crippen LogP contribution in [0.25, 0.3) is 10.8 Å². The summed E-state index contributed by atoms with van der Waals surface area (Å²) >= 11 is 0. The van der Waals surface area contributed by atoms with Crippen LogP contribution in [0.5, 0.6) is 5.75 Å². The van der Waals surface area contributed by atoms with Crippen molar-refractivity contribution in [1.29, 1.82) is 0 Å². The Labute approximate surface area is 218 Å². The van der Waals surface area contributed by atoms with Gasteiger partial charge in [0.1, 0.15) is 12.4 Å². The molecule has 196 valence electrons. The summed E-state index contributed by atoms with van der Waals surface area (Å²) in [5.41, 5.74) is -0.196. The van der Waals surface area contributed by atoms with Crippen LogP contribution in [-0.4, -0.2) is 16.9 Å². The second-order valence-electron chi connectivity index (χ2n) is 9.60. The van der Waals surface area contributed by atoms with Crippen molar-refractivity contribution in [3.8, 4) is 5.75 Å². The number of rotatable bonds is 10. The van der Waals surface area contributed by atoms with E-state index in [1.807, 2.05) is 54.6 Å². The van der Waals surface area contributed by atoms with Gasteiger partial charge in [0.05, 0.1) is 16.5 Å². The molecule has 4 rings (SSSR count). The number of alkyl halides is 3. The first-order valence-corrected chi connectivity index (χ1v) is 12.2. The molecule has 0 aliphatic rings. The number of carbonyl (C=O) groups is 2. The standard InChI is InChI=1S/C31H27F3O4/c1-30(29(36)37,19-21-7-3-2-4-8-21)18-17-27(35)26-16-13-23-9-5-6-10-25(23)28(26)38-20-22-11-14-24(15-12-22)31(32,33)34/h2-16H,17-20H2,1H3,(H,36,37). The Morgan fingerprint density at radius 1 is 0.816 bits per heavy atom. The van der Waals surface area contributed by atoms with Crippen molar-refractivity contribution in [2.45, 2.75) is 39.0 Å². The molecule has 7 heteroatoms. The maximum absolute atomic E-state index is 13.4. The summed E-state index contributed by atoms with van der Waals surface area (Å²) in [5.74, 6) is -0.918. The highest BCUT2D eigenvalue weighted by molar-refractivity contribution is 6.05. The first kappa shape index (κ1) is 26.9. The van der Waals surface area contributed by atoms with Gasteiger partial charge in [-0.1, -0.05) is 72.8 Å². The molecule has 0 aliphatic heterocycles. The van der Waals surface area contributed by atoms with Crippen molar-refractivity contribution in [1.82, 2.24) is 0 Å². The Kier molecular flexibility index (Phi) is 7.86. The lowest BCUT2D eigenvalue weighted by Crippen LogP contribution is -2.31. The molecule has 0 aliphatic carbocycles.